The molecule has 5 heteroatoms. The van der Waals surface area contributed by atoms with E-state index in [9.17, 15) is 14.4 Å². The summed E-state index contributed by atoms with van der Waals surface area (Å²) in [6, 6.07) is 8.75. The number of hydrogen-bond donors (Lipinski definition) is 0. The number of imide groups is 1. The number of carbonyl (C=O) groups is 3. The Labute approximate surface area is 122 Å². The lowest BCUT2D eigenvalue weighted by atomic mass is 10.1. The van der Waals surface area contributed by atoms with Gasteiger partial charge in [0.15, 0.2) is 0 Å². The Morgan fingerprint density at radius 1 is 1.24 bits per heavy atom. The highest BCUT2D eigenvalue weighted by Gasteiger charge is 2.46. The fourth-order valence-electron chi connectivity index (χ4n) is 2.94. The third-order valence-electron chi connectivity index (χ3n) is 3.90. The van der Waals surface area contributed by atoms with E-state index in [1.807, 2.05) is 30.3 Å². The molecule has 21 heavy (non-hydrogen) atoms. The molecule has 0 radical (unpaired) electrons. The molecule has 0 aliphatic carbocycles. The van der Waals surface area contributed by atoms with Crippen LogP contribution in [0.5, 0.6) is 0 Å². The molecule has 1 unspecified atom stereocenters. The molecule has 0 saturated carbocycles. The lowest BCUT2D eigenvalue weighted by Gasteiger charge is -2.36. The fourth-order valence-corrected chi connectivity index (χ4v) is 2.94. The zero-order chi connectivity index (χ0) is 15.0. The topological polar surface area (TPSA) is 57.7 Å². The molecule has 108 valence electrons. The minimum Gasteiger partial charge on any atom is -0.325 e. The summed E-state index contributed by atoms with van der Waals surface area (Å²) in [6.45, 7) is 1.89. The summed E-state index contributed by atoms with van der Waals surface area (Å²) in [4.78, 5) is 39.5. The van der Waals surface area contributed by atoms with Crippen LogP contribution in [0.3, 0.4) is 0 Å². The van der Waals surface area contributed by atoms with E-state index in [1.54, 1.807) is 11.0 Å². The Morgan fingerprint density at radius 2 is 1.95 bits per heavy atom. The average molecular weight is 284 g/mol. The van der Waals surface area contributed by atoms with Gasteiger partial charge in [0.25, 0.3) is 11.8 Å². The van der Waals surface area contributed by atoms with Crippen molar-refractivity contribution in [1.29, 1.82) is 0 Å². The van der Waals surface area contributed by atoms with Crippen LogP contribution < -0.4 is 0 Å². The minimum absolute atomic E-state index is 0.150. The van der Waals surface area contributed by atoms with Crippen LogP contribution in [0, 0.1) is 0 Å². The molecule has 2 aliphatic heterocycles. The van der Waals surface area contributed by atoms with Crippen molar-refractivity contribution in [3.8, 4) is 0 Å². The summed E-state index contributed by atoms with van der Waals surface area (Å²) in [5.41, 5.74) is 0.939. The standard InChI is InChI=1S/C16H16N2O3/c1-11(19)18-14(10-12-6-3-2-4-7-12)15(20)17-9-5-8-13(17)16(18)21/h2-4,6-7,10,13H,5,8-9H2,1H3/b14-10-. The normalized spacial score (nSPS) is 23.7. The molecule has 2 saturated heterocycles. The van der Waals surface area contributed by atoms with Crippen molar-refractivity contribution >= 4 is 23.8 Å². The molecule has 0 bridgehead atoms. The van der Waals surface area contributed by atoms with Crippen LogP contribution in [0.1, 0.15) is 25.3 Å². The smallest absolute Gasteiger partial charge is 0.271 e. The molecule has 0 N–H and O–H groups in total. The van der Waals surface area contributed by atoms with Gasteiger partial charge in [0.05, 0.1) is 0 Å². The monoisotopic (exact) mass is 284 g/mol. The number of carbonyl (C=O) groups excluding carboxylic acids is 3. The number of rotatable bonds is 1. The maximum atomic E-state index is 12.6. The van der Waals surface area contributed by atoms with Crippen LogP contribution in [0.4, 0.5) is 0 Å². The van der Waals surface area contributed by atoms with Crippen LogP contribution in [0.2, 0.25) is 0 Å². The van der Waals surface area contributed by atoms with Gasteiger partial charge >= 0.3 is 0 Å². The first-order valence-electron chi connectivity index (χ1n) is 7.02. The van der Waals surface area contributed by atoms with E-state index in [1.165, 1.54) is 6.92 Å². The van der Waals surface area contributed by atoms with E-state index in [-0.39, 0.29) is 17.5 Å². The molecule has 1 aromatic carbocycles. The van der Waals surface area contributed by atoms with Crippen LogP contribution in [0.25, 0.3) is 6.08 Å². The maximum Gasteiger partial charge on any atom is 0.271 e. The largest absolute Gasteiger partial charge is 0.325 e. The zero-order valence-electron chi connectivity index (χ0n) is 11.8. The molecular formula is C16H16N2O3. The van der Waals surface area contributed by atoms with Gasteiger partial charge < -0.3 is 4.90 Å². The number of benzene rings is 1. The van der Waals surface area contributed by atoms with E-state index in [0.717, 1.165) is 16.9 Å². The van der Waals surface area contributed by atoms with Crippen molar-refractivity contribution in [2.24, 2.45) is 0 Å². The van der Waals surface area contributed by atoms with Gasteiger partial charge in [-0.05, 0) is 24.5 Å². The van der Waals surface area contributed by atoms with Crippen LogP contribution in [-0.2, 0) is 14.4 Å². The van der Waals surface area contributed by atoms with E-state index in [0.29, 0.717) is 13.0 Å². The highest BCUT2D eigenvalue weighted by molar-refractivity contribution is 6.14. The molecule has 2 aliphatic rings. The average Bonchev–Trinajstić information content (AvgIpc) is 2.95. The van der Waals surface area contributed by atoms with Gasteiger partial charge in [-0.2, -0.15) is 0 Å². The molecule has 3 amide bonds. The molecule has 3 rings (SSSR count). The third-order valence-corrected chi connectivity index (χ3v) is 3.90. The number of piperazine rings is 1. The third kappa shape index (κ3) is 2.24. The number of amides is 3. The second-order valence-corrected chi connectivity index (χ2v) is 5.29. The predicted octanol–water partition coefficient (Wildman–Crippen LogP) is 1.41. The van der Waals surface area contributed by atoms with Crippen molar-refractivity contribution in [1.82, 2.24) is 9.80 Å². The van der Waals surface area contributed by atoms with E-state index < -0.39 is 11.9 Å². The van der Waals surface area contributed by atoms with Crippen LogP contribution in [-0.4, -0.2) is 40.1 Å². The highest BCUT2D eigenvalue weighted by Crippen LogP contribution is 2.29. The second-order valence-electron chi connectivity index (χ2n) is 5.29. The maximum absolute atomic E-state index is 12.6. The van der Waals surface area contributed by atoms with Crippen molar-refractivity contribution in [3.63, 3.8) is 0 Å². The van der Waals surface area contributed by atoms with Gasteiger partial charge in [0.1, 0.15) is 11.7 Å². The Kier molecular flexibility index (Phi) is 3.33. The second kappa shape index (κ2) is 5.16. The molecule has 0 spiro atoms. The lowest BCUT2D eigenvalue weighted by molar-refractivity contribution is -0.154. The molecule has 5 nitrogen and oxygen atoms in total. The molecule has 1 atom stereocenters. The van der Waals surface area contributed by atoms with Gasteiger partial charge in [0.2, 0.25) is 5.91 Å². The molecule has 0 aromatic heterocycles. The van der Waals surface area contributed by atoms with Gasteiger partial charge in [-0.3, -0.25) is 14.4 Å². The molecule has 2 heterocycles. The van der Waals surface area contributed by atoms with Crippen LogP contribution >= 0.6 is 0 Å². The Balaban J connectivity index is 2.06. The molecule has 1 aromatic rings. The number of fused-ring (bicyclic) bond motifs is 1. The first kappa shape index (κ1) is 13.5. The minimum atomic E-state index is -0.477. The summed E-state index contributed by atoms with van der Waals surface area (Å²) in [5, 5.41) is 0. The van der Waals surface area contributed by atoms with Crippen molar-refractivity contribution in [2.75, 3.05) is 6.54 Å². The zero-order valence-corrected chi connectivity index (χ0v) is 11.8. The Morgan fingerprint density at radius 3 is 2.62 bits per heavy atom. The SMILES string of the molecule is CC(=O)N1C(=O)C2CCCN2C(=O)/C1=C/c1ccccc1. The molecule has 2 fully saturated rings. The van der Waals surface area contributed by atoms with E-state index in [2.05, 4.69) is 0 Å². The Hall–Kier alpha value is -2.43. The van der Waals surface area contributed by atoms with Crippen LogP contribution in [0.15, 0.2) is 36.0 Å². The summed E-state index contributed by atoms with van der Waals surface area (Å²) < 4.78 is 0. The van der Waals surface area contributed by atoms with Gasteiger partial charge in [-0.15, -0.1) is 0 Å². The Bertz CT molecular complexity index is 636. The summed E-state index contributed by atoms with van der Waals surface area (Å²) in [7, 11) is 0. The summed E-state index contributed by atoms with van der Waals surface area (Å²) in [6.07, 6.45) is 3.04. The first-order valence-corrected chi connectivity index (χ1v) is 7.02. The number of nitrogens with zero attached hydrogens (tertiary/aromatic N) is 2. The predicted molar refractivity (Wildman–Crippen MR) is 76.7 cm³/mol. The molecular weight excluding hydrogens is 268 g/mol. The van der Waals surface area contributed by atoms with Crippen molar-refractivity contribution in [2.45, 2.75) is 25.8 Å². The van der Waals surface area contributed by atoms with Gasteiger partial charge in [0, 0.05) is 13.5 Å². The summed E-state index contributed by atoms with van der Waals surface area (Å²) >= 11 is 0. The number of hydrogen-bond acceptors (Lipinski definition) is 3. The van der Waals surface area contributed by atoms with Crippen molar-refractivity contribution < 1.29 is 14.4 Å². The van der Waals surface area contributed by atoms with Gasteiger partial charge in [-0.25, -0.2) is 4.90 Å². The lowest BCUT2D eigenvalue weighted by Crippen LogP contribution is -2.57. The quantitative estimate of drug-likeness (QED) is 0.733. The highest BCUT2D eigenvalue weighted by atomic mass is 16.2. The van der Waals surface area contributed by atoms with Gasteiger partial charge in [-0.1, -0.05) is 30.3 Å². The van der Waals surface area contributed by atoms with E-state index >= 15 is 0 Å². The van der Waals surface area contributed by atoms with E-state index in [4.69, 9.17) is 0 Å². The fraction of sp³-hybridized carbons (Fsp3) is 0.312. The van der Waals surface area contributed by atoms with Crippen molar-refractivity contribution in [3.05, 3.63) is 41.6 Å². The summed E-state index contributed by atoms with van der Waals surface area (Å²) in [5.74, 6) is -0.944. The first-order chi connectivity index (χ1) is 10.1.